The van der Waals surface area contributed by atoms with Gasteiger partial charge in [0.15, 0.2) is 0 Å². The summed E-state index contributed by atoms with van der Waals surface area (Å²) in [6, 6.07) is 11.9. The third-order valence-corrected chi connectivity index (χ3v) is 7.57. The van der Waals surface area contributed by atoms with Crippen molar-refractivity contribution in [2.24, 2.45) is 5.73 Å². The molecule has 3 aromatic rings. The summed E-state index contributed by atoms with van der Waals surface area (Å²) in [4.78, 5) is 71.0. The Hall–Kier alpha value is -4.42. The van der Waals surface area contributed by atoms with Crippen LogP contribution < -0.4 is 27.0 Å². The number of amides is 5. The molecule has 1 aliphatic heterocycles. The molecule has 0 unspecified atom stereocenters. The Kier molecular flexibility index (Phi) is 11.9. The van der Waals surface area contributed by atoms with Gasteiger partial charge in [0.05, 0.1) is 6.04 Å². The van der Waals surface area contributed by atoms with Crippen molar-refractivity contribution >= 4 is 52.8 Å². The number of fused-ring (bicyclic) bond motifs is 1. The second-order valence-electron chi connectivity index (χ2n) is 10.9. The molecule has 2 aromatic carbocycles. The number of halogens is 1. The number of aromatic nitrogens is 1. The number of nitrogens with zero attached hydrogens (tertiary/aromatic N) is 1. The van der Waals surface area contributed by atoms with Crippen LogP contribution in [0.3, 0.4) is 0 Å². The molecule has 5 amide bonds. The molecule has 2 heterocycles. The van der Waals surface area contributed by atoms with Gasteiger partial charge in [-0.3, -0.25) is 24.0 Å². The highest BCUT2D eigenvalue weighted by Gasteiger charge is 2.33. The first-order valence-electron chi connectivity index (χ1n) is 14.4. The minimum atomic E-state index is -1.07. The number of H-pyrrole nitrogens is 1. The van der Waals surface area contributed by atoms with E-state index in [1.165, 1.54) is 18.7 Å². The molecule has 5 atom stereocenters. The highest BCUT2D eigenvalue weighted by Crippen LogP contribution is 2.19. The van der Waals surface area contributed by atoms with Gasteiger partial charge in [-0.2, -0.15) is 0 Å². The highest BCUT2D eigenvalue weighted by molar-refractivity contribution is 5.96. The average molecular weight is 626 g/mol. The van der Waals surface area contributed by atoms with E-state index in [4.69, 9.17) is 5.73 Å². The molecule has 44 heavy (non-hydrogen) atoms. The van der Waals surface area contributed by atoms with Crippen molar-refractivity contribution in [3.63, 3.8) is 0 Å². The van der Waals surface area contributed by atoms with Crippen molar-refractivity contribution < 1.29 is 24.0 Å². The van der Waals surface area contributed by atoms with E-state index >= 15 is 0 Å². The Morgan fingerprint density at radius 3 is 2.20 bits per heavy atom. The number of carbonyl (C=O) groups is 5. The van der Waals surface area contributed by atoms with Crippen LogP contribution in [-0.4, -0.2) is 82.7 Å². The molecule has 0 radical (unpaired) electrons. The van der Waals surface area contributed by atoms with Crippen LogP contribution in [0.25, 0.3) is 10.9 Å². The van der Waals surface area contributed by atoms with Crippen molar-refractivity contribution in [2.75, 3.05) is 13.1 Å². The van der Waals surface area contributed by atoms with Gasteiger partial charge >= 0.3 is 0 Å². The number of benzene rings is 2. The molecular formula is C31H40ClN7O5. The molecule has 0 aliphatic carbocycles. The normalized spacial score (nSPS) is 22.8. The maximum absolute atomic E-state index is 13.6. The summed E-state index contributed by atoms with van der Waals surface area (Å²) >= 11 is 0. The minimum Gasteiger partial charge on any atom is -0.361 e. The molecule has 4 rings (SSSR count). The summed E-state index contributed by atoms with van der Waals surface area (Å²) < 4.78 is 0. The number of nitrogens with one attached hydrogen (secondary N) is 5. The number of nitrogens with two attached hydrogens (primary N) is 1. The molecule has 1 saturated heterocycles. The summed E-state index contributed by atoms with van der Waals surface area (Å²) in [5, 5.41) is 11.9. The van der Waals surface area contributed by atoms with Crippen LogP contribution in [-0.2, 0) is 36.8 Å². The van der Waals surface area contributed by atoms with E-state index in [0.29, 0.717) is 0 Å². The summed E-state index contributed by atoms with van der Waals surface area (Å²) in [7, 11) is 0. The van der Waals surface area contributed by atoms with Gasteiger partial charge < -0.3 is 36.9 Å². The first-order chi connectivity index (χ1) is 20.5. The highest BCUT2D eigenvalue weighted by atomic mass is 35.5. The lowest BCUT2D eigenvalue weighted by molar-refractivity contribution is -0.141. The van der Waals surface area contributed by atoms with Gasteiger partial charge in [0.1, 0.15) is 24.2 Å². The second-order valence-corrected chi connectivity index (χ2v) is 10.9. The molecule has 1 fully saturated rings. The fourth-order valence-electron chi connectivity index (χ4n) is 5.08. The predicted octanol–water partition coefficient (Wildman–Crippen LogP) is 0.543. The molecule has 1 aliphatic rings. The second kappa shape index (κ2) is 15.3. The van der Waals surface area contributed by atoms with E-state index in [-0.39, 0.29) is 38.3 Å². The van der Waals surface area contributed by atoms with Crippen LogP contribution in [0.15, 0.2) is 60.8 Å². The lowest BCUT2D eigenvalue weighted by Crippen LogP contribution is -2.58. The smallest absolute Gasteiger partial charge is 0.243 e. The van der Waals surface area contributed by atoms with Crippen LogP contribution in [0.2, 0.25) is 0 Å². The fraction of sp³-hybridized carbons (Fsp3) is 0.387. The number of para-hydroxylation sites is 1. The number of aromatic amines is 1. The molecule has 0 bridgehead atoms. The van der Waals surface area contributed by atoms with E-state index in [9.17, 15) is 24.0 Å². The van der Waals surface area contributed by atoms with Crippen molar-refractivity contribution in [3.05, 3.63) is 71.9 Å². The molecule has 1 aromatic heterocycles. The van der Waals surface area contributed by atoms with Gasteiger partial charge in [-0.15, -0.1) is 12.4 Å². The minimum absolute atomic E-state index is 0. The lowest BCUT2D eigenvalue weighted by atomic mass is 10.0. The van der Waals surface area contributed by atoms with Gasteiger partial charge in [0, 0.05) is 43.0 Å². The van der Waals surface area contributed by atoms with Crippen LogP contribution in [0, 0.1) is 0 Å². The number of rotatable bonds is 5. The maximum atomic E-state index is 13.6. The Balaban J connectivity index is 0.00000529. The fourth-order valence-corrected chi connectivity index (χ4v) is 5.08. The van der Waals surface area contributed by atoms with Gasteiger partial charge in [-0.05, 0) is 38.0 Å². The van der Waals surface area contributed by atoms with E-state index < -0.39 is 59.7 Å². The monoisotopic (exact) mass is 625 g/mol. The Bertz CT molecular complexity index is 1480. The van der Waals surface area contributed by atoms with E-state index in [1.807, 2.05) is 54.6 Å². The Labute approximate surface area is 262 Å². The van der Waals surface area contributed by atoms with Crippen molar-refractivity contribution in [2.45, 2.75) is 63.8 Å². The largest absolute Gasteiger partial charge is 0.361 e. The third kappa shape index (κ3) is 8.35. The SMILES string of the molecule is C[C@@H]1NC(=O)[C@@H](Cc2c[nH]c3ccccc23)NC(=O)[C@@H](C)N(C(=O)[C@@H](C)N)CCNC(=O)[C@H](Cc2ccccc2)NC1=O.Cl. The van der Waals surface area contributed by atoms with Crippen molar-refractivity contribution in [1.82, 2.24) is 31.2 Å². The van der Waals surface area contributed by atoms with Crippen LogP contribution in [0.1, 0.15) is 31.9 Å². The molecule has 7 N–H and O–H groups in total. The zero-order valence-corrected chi connectivity index (χ0v) is 25.8. The van der Waals surface area contributed by atoms with Crippen LogP contribution >= 0.6 is 12.4 Å². The number of carbonyl (C=O) groups excluding carboxylic acids is 5. The van der Waals surface area contributed by atoms with Crippen molar-refractivity contribution in [1.29, 1.82) is 0 Å². The maximum Gasteiger partial charge on any atom is 0.243 e. The lowest BCUT2D eigenvalue weighted by Gasteiger charge is -2.31. The van der Waals surface area contributed by atoms with E-state index in [0.717, 1.165) is 22.0 Å². The van der Waals surface area contributed by atoms with Gasteiger partial charge in [0.2, 0.25) is 29.5 Å². The van der Waals surface area contributed by atoms with Crippen LogP contribution in [0.5, 0.6) is 0 Å². The zero-order valence-electron chi connectivity index (χ0n) is 25.0. The average Bonchev–Trinajstić information content (AvgIpc) is 3.40. The summed E-state index contributed by atoms with van der Waals surface area (Å²) in [6.07, 6.45) is 2.11. The topological polar surface area (TPSA) is 179 Å². The third-order valence-electron chi connectivity index (χ3n) is 7.57. The molecule has 0 spiro atoms. The quantitative estimate of drug-likeness (QED) is 0.241. The predicted molar refractivity (Wildman–Crippen MR) is 169 cm³/mol. The first kappa shape index (κ1) is 34.1. The number of hydrogen-bond acceptors (Lipinski definition) is 6. The van der Waals surface area contributed by atoms with E-state index in [2.05, 4.69) is 26.3 Å². The zero-order chi connectivity index (χ0) is 31.1. The van der Waals surface area contributed by atoms with Gasteiger partial charge in [-0.1, -0.05) is 48.5 Å². The molecule has 0 saturated carbocycles. The first-order valence-corrected chi connectivity index (χ1v) is 14.4. The van der Waals surface area contributed by atoms with E-state index in [1.54, 1.807) is 13.1 Å². The molecule has 12 nitrogen and oxygen atoms in total. The molecular weight excluding hydrogens is 586 g/mol. The van der Waals surface area contributed by atoms with Crippen molar-refractivity contribution in [3.8, 4) is 0 Å². The Morgan fingerprint density at radius 2 is 1.50 bits per heavy atom. The van der Waals surface area contributed by atoms with Gasteiger partial charge in [-0.25, -0.2) is 0 Å². The molecule has 236 valence electrons. The standard InChI is InChI=1S/C31H39N7O5.ClH/c1-18(32)31(43)38-14-13-33-29(41)25(15-21-9-5-4-6-10-21)36-27(39)19(2)35-30(42)26(37-28(40)20(38)3)16-22-17-34-24-12-8-7-11-23(22)24;/h4-12,17-20,25-26,34H,13-16,32H2,1-3H3,(H,33,41)(H,35,42)(H,36,39)(H,37,40);1H/t18-,19+,20-,25+,26-;/m1./s1. The summed E-state index contributed by atoms with van der Waals surface area (Å²) in [6.45, 7) is 4.58. The Morgan fingerprint density at radius 1 is 0.864 bits per heavy atom. The number of hydrogen-bond donors (Lipinski definition) is 6. The van der Waals surface area contributed by atoms with Gasteiger partial charge in [0.25, 0.3) is 0 Å². The molecule has 13 heteroatoms. The summed E-state index contributed by atoms with van der Waals surface area (Å²) in [5.74, 6) is -2.67. The summed E-state index contributed by atoms with van der Waals surface area (Å²) in [5.41, 5.74) is 8.38. The van der Waals surface area contributed by atoms with Crippen LogP contribution in [0.4, 0.5) is 0 Å².